The fraction of sp³-hybridized carbons (Fsp3) is 0.211. The van der Waals surface area contributed by atoms with Crippen molar-refractivity contribution in [2.75, 3.05) is 30.1 Å². The first-order valence-electron chi connectivity index (χ1n) is 8.57. The zero-order chi connectivity index (χ0) is 21.0. The minimum Gasteiger partial charge on any atom is -0.482 e. The van der Waals surface area contributed by atoms with Crippen LogP contribution in [0.1, 0.15) is 16.8 Å². The molecular formula is C19H18N2O7S. The van der Waals surface area contributed by atoms with Crippen molar-refractivity contribution in [3.63, 3.8) is 0 Å². The maximum absolute atomic E-state index is 12.6. The smallest absolute Gasteiger partial charge is 0.339 e. The molecule has 152 valence electrons. The van der Waals surface area contributed by atoms with Crippen LogP contribution in [0.25, 0.3) is 0 Å². The van der Waals surface area contributed by atoms with E-state index >= 15 is 0 Å². The molecule has 2 aromatic carbocycles. The number of esters is 1. The summed E-state index contributed by atoms with van der Waals surface area (Å²) in [5, 5.41) is 5.07. The van der Waals surface area contributed by atoms with E-state index in [2.05, 4.69) is 15.4 Å². The third-order valence-electron chi connectivity index (χ3n) is 4.15. The summed E-state index contributed by atoms with van der Waals surface area (Å²) in [6.45, 7) is -0.133. The molecule has 1 aliphatic rings. The Kier molecular flexibility index (Phi) is 5.83. The second kappa shape index (κ2) is 8.31. The van der Waals surface area contributed by atoms with Gasteiger partial charge in [-0.1, -0.05) is 12.1 Å². The van der Waals surface area contributed by atoms with E-state index < -0.39 is 27.5 Å². The van der Waals surface area contributed by atoms with E-state index in [0.717, 1.165) is 0 Å². The molecule has 2 aromatic rings. The van der Waals surface area contributed by atoms with Gasteiger partial charge in [-0.2, -0.15) is 0 Å². The van der Waals surface area contributed by atoms with Gasteiger partial charge in [-0.15, -0.1) is 0 Å². The van der Waals surface area contributed by atoms with Crippen LogP contribution in [0.3, 0.4) is 0 Å². The maximum atomic E-state index is 12.6. The van der Waals surface area contributed by atoms with Crippen LogP contribution >= 0.6 is 0 Å². The Labute approximate surface area is 166 Å². The quantitative estimate of drug-likeness (QED) is 0.682. The Morgan fingerprint density at radius 1 is 1.21 bits per heavy atom. The number of hydrogen-bond acceptors (Lipinski definition) is 7. The van der Waals surface area contributed by atoms with Gasteiger partial charge in [-0.3, -0.25) is 9.59 Å². The van der Waals surface area contributed by atoms with Crippen LogP contribution in [0, 0.1) is 0 Å². The number of carbonyl (C=O) groups excluding carboxylic acids is 3. The van der Waals surface area contributed by atoms with Gasteiger partial charge in [0.2, 0.25) is 5.91 Å². The molecule has 3 rings (SSSR count). The fourth-order valence-corrected chi connectivity index (χ4v) is 3.96. The molecule has 1 aliphatic heterocycles. The van der Waals surface area contributed by atoms with Crippen LogP contribution in [0.5, 0.6) is 5.75 Å². The minimum absolute atomic E-state index is 0.0372. The van der Waals surface area contributed by atoms with E-state index in [-0.39, 0.29) is 40.8 Å². The summed E-state index contributed by atoms with van der Waals surface area (Å²) in [5.41, 5.74) is 0.658. The topological polar surface area (TPSA) is 128 Å². The molecule has 0 aliphatic carbocycles. The Morgan fingerprint density at radius 2 is 1.97 bits per heavy atom. The summed E-state index contributed by atoms with van der Waals surface area (Å²) in [7, 11) is -2.57. The first-order valence-corrected chi connectivity index (χ1v) is 10.2. The van der Waals surface area contributed by atoms with Crippen LogP contribution in [-0.4, -0.2) is 45.7 Å². The third kappa shape index (κ3) is 4.72. The fourth-order valence-electron chi connectivity index (χ4n) is 2.69. The number of hydrogen-bond donors (Lipinski definition) is 2. The number of nitrogens with one attached hydrogen (secondary N) is 2. The van der Waals surface area contributed by atoms with Gasteiger partial charge in [0.15, 0.2) is 16.4 Å². The number of sulfone groups is 1. The van der Waals surface area contributed by atoms with E-state index in [1.807, 2.05) is 0 Å². The molecule has 2 amide bonds. The Bertz CT molecular complexity index is 1080. The van der Waals surface area contributed by atoms with E-state index in [1.54, 1.807) is 12.1 Å². The summed E-state index contributed by atoms with van der Waals surface area (Å²) in [5.74, 6) is -1.64. The van der Waals surface area contributed by atoms with Gasteiger partial charge in [0.25, 0.3) is 5.91 Å². The van der Waals surface area contributed by atoms with E-state index in [4.69, 9.17) is 4.74 Å². The molecule has 0 atom stereocenters. The molecule has 0 fully saturated rings. The third-order valence-corrected chi connectivity index (χ3v) is 5.86. The molecule has 29 heavy (non-hydrogen) atoms. The normalized spacial score (nSPS) is 12.9. The first kappa shape index (κ1) is 20.3. The van der Waals surface area contributed by atoms with Gasteiger partial charge in [-0.25, -0.2) is 13.2 Å². The lowest BCUT2D eigenvalue weighted by atomic mass is 10.2. The van der Waals surface area contributed by atoms with Gasteiger partial charge in [-0.05, 0) is 30.3 Å². The average Bonchev–Trinajstić information content (AvgIpc) is 2.71. The highest BCUT2D eigenvalue weighted by atomic mass is 32.2. The zero-order valence-corrected chi connectivity index (χ0v) is 16.2. The van der Waals surface area contributed by atoms with Crippen LogP contribution in [0.15, 0.2) is 47.4 Å². The molecule has 9 nitrogen and oxygen atoms in total. The molecule has 10 heteroatoms. The lowest BCUT2D eigenvalue weighted by Crippen LogP contribution is -2.25. The molecule has 1 heterocycles. The standard InChI is InChI=1S/C19H18N2O7S/c1-27-19(24)13-4-2-3-5-14(13)20-17(22)8-9-29(25,26)12-6-7-16-15(10-12)21-18(23)11-28-16/h2-7,10H,8-9,11H2,1H3,(H,20,22)(H,21,23). The van der Waals surface area contributed by atoms with Gasteiger partial charge >= 0.3 is 5.97 Å². The van der Waals surface area contributed by atoms with Crippen LogP contribution in [0.2, 0.25) is 0 Å². The number of fused-ring (bicyclic) bond motifs is 1. The van der Waals surface area contributed by atoms with Crippen molar-refractivity contribution in [1.82, 2.24) is 0 Å². The number of methoxy groups -OCH3 is 1. The Morgan fingerprint density at radius 3 is 2.72 bits per heavy atom. The number of anilines is 2. The van der Waals surface area contributed by atoms with E-state index in [9.17, 15) is 22.8 Å². The highest BCUT2D eigenvalue weighted by Crippen LogP contribution is 2.30. The lowest BCUT2D eigenvalue weighted by Gasteiger charge is -2.18. The van der Waals surface area contributed by atoms with E-state index in [1.165, 1.54) is 37.4 Å². The molecular weight excluding hydrogens is 400 g/mol. The zero-order valence-electron chi connectivity index (χ0n) is 15.4. The number of amides is 2. The van der Waals surface area contributed by atoms with Crippen LogP contribution in [-0.2, 0) is 24.2 Å². The van der Waals surface area contributed by atoms with Crippen molar-refractivity contribution in [2.45, 2.75) is 11.3 Å². The maximum Gasteiger partial charge on any atom is 0.339 e. The molecule has 0 aromatic heterocycles. The molecule has 2 N–H and O–H groups in total. The van der Waals surface area contributed by atoms with Gasteiger partial charge in [0.05, 0.1) is 34.7 Å². The Hall–Kier alpha value is -3.40. The predicted octanol–water partition coefficient (Wildman–Crippen LogP) is 1.61. The minimum atomic E-state index is -3.79. The van der Waals surface area contributed by atoms with Crippen molar-refractivity contribution < 1.29 is 32.3 Å². The molecule has 0 saturated carbocycles. The average molecular weight is 418 g/mol. The number of benzene rings is 2. The van der Waals surface area contributed by atoms with Crippen molar-refractivity contribution in [3.8, 4) is 5.75 Å². The lowest BCUT2D eigenvalue weighted by molar-refractivity contribution is -0.118. The van der Waals surface area contributed by atoms with Crippen molar-refractivity contribution in [2.24, 2.45) is 0 Å². The van der Waals surface area contributed by atoms with Gasteiger partial charge < -0.3 is 20.1 Å². The van der Waals surface area contributed by atoms with Crippen LogP contribution < -0.4 is 15.4 Å². The highest BCUT2D eigenvalue weighted by Gasteiger charge is 2.22. The van der Waals surface area contributed by atoms with Gasteiger partial charge in [0, 0.05) is 6.42 Å². The largest absolute Gasteiger partial charge is 0.482 e. The van der Waals surface area contributed by atoms with E-state index in [0.29, 0.717) is 5.75 Å². The monoisotopic (exact) mass is 418 g/mol. The summed E-state index contributed by atoms with van der Waals surface area (Å²) in [4.78, 5) is 35.3. The molecule has 0 unspecified atom stereocenters. The summed E-state index contributed by atoms with van der Waals surface area (Å²) in [6, 6.07) is 10.4. The number of carbonyl (C=O) groups is 3. The van der Waals surface area contributed by atoms with Crippen molar-refractivity contribution in [3.05, 3.63) is 48.0 Å². The second-order valence-corrected chi connectivity index (χ2v) is 8.26. The van der Waals surface area contributed by atoms with Crippen molar-refractivity contribution in [1.29, 1.82) is 0 Å². The Balaban J connectivity index is 1.68. The highest BCUT2D eigenvalue weighted by molar-refractivity contribution is 7.91. The second-order valence-electron chi connectivity index (χ2n) is 6.15. The summed E-state index contributed by atoms with van der Waals surface area (Å²) in [6.07, 6.45) is -0.322. The van der Waals surface area contributed by atoms with Crippen molar-refractivity contribution >= 4 is 39.0 Å². The molecule has 0 bridgehead atoms. The number of para-hydroxylation sites is 1. The SMILES string of the molecule is COC(=O)c1ccccc1NC(=O)CCS(=O)(=O)c1ccc2c(c1)NC(=O)CO2. The molecule has 0 spiro atoms. The first-order chi connectivity index (χ1) is 13.8. The summed E-state index contributed by atoms with van der Waals surface area (Å²) >= 11 is 0. The molecule has 0 radical (unpaired) electrons. The summed E-state index contributed by atoms with van der Waals surface area (Å²) < 4.78 is 35.0. The van der Waals surface area contributed by atoms with Gasteiger partial charge in [0.1, 0.15) is 5.75 Å². The van der Waals surface area contributed by atoms with Crippen LogP contribution in [0.4, 0.5) is 11.4 Å². The predicted molar refractivity (Wildman–Crippen MR) is 104 cm³/mol. The molecule has 0 saturated heterocycles. The number of ether oxygens (including phenoxy) is 2. The number of rotatable bonds is 6.